The maximum Gasteiger partial charge on any atom is 0.164 e. The molecule has 8 aromatic carbocycles. The van der Waals surface area contributed by atoms with Crippen LogP contribution in [0, 0.1) is 0 Å². The van der Waals surface area contributed by atoms with E-state index >= 15 is 0 Å². The normalized spacial score (nSPS) is 11.6. The smallest absolute Gasteiger partial charge is 0.164 e. The molecule has 0 fully saturated rings. The van der Waals surface area contributed by atoms with Crippen LogP contribution in [0.2, 0.25) is 0 Å². The highest BCUT2D eigenvalue weighted by Crippen LogP contribution is 2.44. The first-order valence-electron chi connectivity index (χ1n) is 18.7. The molecule has 5 nitrogen and oxygen atoms in total. The second-order valence-electron chi connectivity index (χ2n) is 13.9. The molecule has 0 N–H and O–H groups in total. The zero-order chi connectivity index (χ0) is 37.0. The van der Waals surface area contributed by atoms with E-state index in [0.717, 1.165) is 93.9 Å². The largest absolute Gasteiger partial charge is 0.455 e. The fourth-order valence-corrected chi connectivity index (χ4v) is 7.86. The van der Waals surface area contributed by atoms with E-state index in [1.165, 1.54) is 0 Å². The maximum atomic E-state index is 6.82. The van der Waals surface area contributed by atoms with Crippen LogP contribution in [0.5, 0.6) is 0 Å². The van der Waals surface area contributed by atoms with Crippen molar-refractivity contribution in [1.29, 1.82) is 0 Å². The predicted octanol–water partition coefficient (Wildman–Crippen LogP) is 13.7. The number of hydrogen-bond donors (Lipinski definition) is 0. The molecule has 0 radical (unpaired) electrons. The summed E-state index contributed by atoms with van der Waals surface area (Å²) in [5.74, 6) is 1.79. The molecule has 0 bridgehead atoms. The molecule has 0 unspecified atom stereocenters. The third-order valence-electron chi connectivity index (χ3n) is 10.6. The van der Waals surface area contributed by atoms with Gasteiger partial charge in [0.15, 0.2) is 17.5 Å². The molecule has 0 saturated carbocycles. The summed E-state index contributed by atoms with van der Waals surface area (Å²) in [6.07, 6.45) is 0. The number of furan rings is 2. The van der Waals surface area contributed by atoms with Crippen molar-refractivity contribution in [1.82, 2.24) is 15.0 Å². The van der Waals surface area contributed by atoms with Gasteiger partial charge in [-0.25, -0.2) is 15.0 Å². The Morgan fingerprint density at radius 3 is 1.54 bits per heavy atom. The summed E-state index contributed by atoms with van der Waals surface area (Å²) in [6.45, 7) is 0. The number of fused-ring (bicyclic) bond motifs is 6. The standard InChI is InChI=1S/C51H31N3O2/c1-4-14-32(15-5-1)33-26-28-36(29-27-33)50-52-49(35-18-8-3-9-19-35)53-51(54-50)41-23-13-25-45-46(41)40-22-12-21-38(47(40)56-45)37-30-42(34-16-6-2-7-17-34)48-43(31-37)39-20-10-11-24-44(39)55-48/h1-31H. The number of para-hydroxylation sites is 2. The van der Waals surface area contributed by atoms with Crippen molar-refractivity contribution in [3.05, 3.63) is 188 Å². The summed E-state index contributed by atoms with van der Waals surface area (Å²) in [5, 5.41) is 4.09. The summed E-state index contributed by atoms with van der Waals surface area (Å²) in [5.41, 5.74) is 12.5. The molecule has 0 saturated heterocycles. The minimum atomic E-state index is 0.581. The quantitative estimate of drug-likeness (QED) is 0.171. The second kappa shape index (κ2) is 13.0. The monoisotopic (exact) mass is 717 g/mol. The molecule has 262 valence electrons. The molecule has 0 amide bonds. The van der Waals surface area contributed by atoms with E-state index in [4.69, 9.17) is 23.8 Å². The van der Waals surface area contributed by atoms with Crippen molar-refractivity contribution >= 4 is 43.9 Å². The van der Waals surface area contributed by atoms with Gasteiger partial charge >= 0.3 is 0 Å². The van der Waals surface area contributed by atoms with Crippen LogP contribution >= 0.6 is 0 Å². The first-order chi connectivity index (χ1) is 27.7. The van der Waals surface area contributed by atoms with Gasteiger partial charge < -0.3 is 8.83 Å². The van der Waals surface area contributed by atoms with Crippen molar-refractivity contribution in [2.75, 3.05) is 0 Å². The van der Waals surface area contributed by atoms with Gasteiger partial charge in [-0.1, -0.05) is 164 Å². The molecule has 3 aromatic heterocycles. The van der Waals surface area contributed by atoms with E-state index < -0.39 is 0 Å². The minimum Gasteiger partial charge on any atom is -0.455 e. The van der Waals surface area contributed by atoms with Crippen LogP contribution in [0.15, 0.2) is 197 Å². The molecule has 0 spiro atoms. The van der Waals surface area contributed by atoms with E-state index in [-0.39, 0.29) is 0 Å². The molecule has 11 aromatic rings. The molecule has 0 aliphatic carbocycles. The van der Waals surface area contributed by atoms with Crippen molar-refractivity contribution in [3.8, 4) is 67.5 Å². The Hall–Kier alpha value is -7.63. The number of aromatic nitrogens is 3. The highest BCUT2D eigenvalue weighted by Gasteiger charge is 2.21. The first-order valence-corrected chi connectivity index (χ1v) is 18.7. The van der Waals surface area contributed by atoms with E-state index in [1.807, 2.05) is 66.7 Å². The van der Waals surface area contributed by atoms with Crippen LogP contribution < -0.4 is 0 Å². The van der Waals surface area contributed by atoms with Gasteiger partial charge in [0.05, 0.1) is 0 Å². The number of rotatable bonds is 6. The van der Waals surface area contributed by atoms with Crippen molar-refractivity contribution in [2.24, 2.45) is 0 Å². The topological polar surface area (TPSA) is 65.0 Å². The molecule has 0 aliphatic heterocycles. The van der Waals surface area contributed by atoms with Gasteiger partial charge in [0.2, 0.25) is 0 Å². The Morgan fingerprint density at radius 2 is 0.786 bits per heavy atom. The van der Waals surface area contributed by atoms with Gasteiger partial charge in [-0.15, -0.1) is 0 Å². The molecular formula is C51H31N3O2. The number of nitrogens with zero attached hydrogens (tertiary/aromatic N) is 3. The lowest BCUT2D eigenvalue weighted by atomic mass is 9.94. The second-order valence-corrected chi connectivity index (χ2v) is 13.9. The molecule has 0 aliphatic rings. The Kier molecular flexibility index (Phi) is 7.42. The van der Waals surface area contributed by atoms with Gasteiger partial charge in [-0.05, 0) is 46.5 Å². The molecule has 56 heavy (non-hydrogen) atoms. The maximum absolute atomic E-state index is 6.82. The third kappa shape index (κ3) is 5.37. The van der Waals surface area contributed by atoms with Crippen molar-refractivity contribution < 1.29 is 8.83 Å². The van der Waals surface area contributed by atoms with Crippen LogP contribution in [-0.2, 0) is 0 Å². The molecular weight excluding hydrogens is 687 g/mol. The van der Waals surface area contributed by atoms with Crippen molar-refractivity contribution in [2.45, 2.75) is 0 Å². The molecule has 3 heterocycles. The molecule has 11 rings (SSSR count). The number of benzene rings is 8. The predicted molar refractivity (Wildman–Crippen MR) is 227 cm³/mol. The first kappa shape index (κ1) is 31.9. The highest BCUT2D eigenvalue weighted by atomic mass is 16.3. The van der Waals surface area contributed by atoms with E-state index in [2.05, 4.69) is 121 Å². The third-order valence-corrected chi connectivity index (χ3v) is 10.6. The van der Waals surface area contributed by atoms with Gasteiger partial charge in [0, 0.05) is 49.4 Å². The minimum absolute atomic E-state index is 0.581. The Morgan fingerprint density at radius 1 is 0.286 bits per heavy atom. The van der Waals surface area contributed by atoms with Gasteiger partial charge in [0.25, 0.3) is 0 Å². The average molecular weight is 718 g/mol. The fraction of sp³-hybridized carbons (Fsp3) is 0. The lowest BCUT2D eigenvalue weighted by Crippen LogP contribution is -2.00. The van der Waals surface area contributed by atoms with E-state index in [1.54, 1.807) is 0 Å². The van der Waals surface area contributed by atoms with E-state index in [0.29, 0.717) is 17.5 Å². The van der Waals surface area contributed by atoms with Crippen LogP contribution in [-0.4, -0.2) is 15.0 Å². The SMILES string of the molecule is c1ccc(-c2ccc(-c3nc(-c4ccccc4)nc(-c4cccc5oc6c(-c7cc(-c8ccccc8)c8oc9ccccc9c8c7)cccc6c45)n3)cc2)cc1. The Bertz CT molecular complexity index is 3220. The Labute approximate surface area is 322 Å². The molecule has 5 heteroatoms. The summed E-state index contributed by atoms with van der Waals surface area (Å²) in [7, 11) is 0. The lowest BCUT2D eigenvalue weighted by Gasteiger charge is -2.10. The van der Waals surface area contributed by atoms with Gasteiger partial charge in [-0.2, -0.15) is 0 Å². The van der Waals surface area contributed by atoms with Crippen LogP contribution in [0.25, 0.3) is 111 Å². The highest BCUT2D eigenvalue weighted by molar-refractivity contribution is 6.17. The van der Waals surface area contributed by atoms with Gasteiger partial charge in [-0.3, -0.25) is 0 Å². The van der Waals surface area contributed by atoms with Crippen LogP contribution in [0.3, 0.4) is 0 Å². The van der Waals surface area contributed by atoms with Crippen molar-refractivity contribution in [3.63, 3.8) is 0 Å². The molecule has 0 atom stereocenters. The summed E-state index contributed by atoms with van der Waals surface area (Å²) in [6, 6.07) is 64.4. The van der Waals surface area contributed by atoms with E-state index in [9.17, 15) is 0 Å². The Balaban J connectivity index is 1.10. The summed E-state index contributed by atoms with van der Waals surface area (Å²) in [4.78, 5) is 15.3. The van der Waals surface area contributed by atoms with Gasteiger partial charge in [0.1, 0.15) is 22.3 Å². The summed E-state index contributed by atoms with van der Waals surface area (Å²) < 4.78 is 13.3. The fourth-order valence-electron chi connectivity index (χ4n) is 7.86. The number of hydrogen-bond acceptors (Lipinski definition) is 5. The summed E-state index contributed by atoms with van der Waals surface area (Å²) >= 11 is 0. The zero-order valence-electron chi connectivity index (χ0n) is 30.1. The zero-order valence-corrected chi connectivity index (χ0v) is 30.1. The van der Waals surface area contributed by atoms with Crippen LogP contribution in [0.1, 0.15) is 0 Å². The average Bonchev–Trinajstić information content (AvgIpc) is 3.86. The lowest BCUT2D eigenvalue weighted by molar-refractivity contribution is 0.669. The van der Waals surface area contributed by atoms with Crippen LogP contribution in [0.4, 0.5) is 0 Å².